The smallest absolute Gasteiger partial charge is 0.254 e. The molecule has 0 radical (unpaired) electrons. The van der Waals surface area contributed by atoms with E-state index in [9.17, 15) is 9.59 Å². The highest BCUT2D eigenvalue weighted by molar-refractivity contribution is 6.30. The van der Waals surface area contributed by atoms with E-state index >= 15 is 0 Å². The second kappa shape index (κ2) is 8.88. The molecule has 154 valence electrons. The van der Waals surface area contributed by atoms with E-state index in [4.69, 9.17) is 11.6 Å². The predicted octanol–water partition coefficient (Wildman–Crippen LogP) is 5.22. The van der Waals surface area contributed by atoms with E-state index in [2.05, 4.69) is 5.32 Å². The van der Waals surface area contributed by atoms with E-state index < -0.39 is 0 Å². The Morgan fingerprint density at radius 2 is 1.63 bits per heavy atom. The average Bonchev–Trinajstić information content (AvgIpc) is 2.78. The van der Waals surface area contributed by atoms with Crippen LogP contribution in [-0.4, -0.2) is 29.8 Å². The quantitative estimate of drug-likeness (QED) is 0.628. The van der Waals surface area contributed by atoms with Gasteiger partial charge >= 0.3 is 0 Å². The number of nitrogens with zero attached hydrogens (tertiary/aromatic N) is 1. The maximum Gasteiger partial charge on any atom is 0.254 e. The van der Waals surface area contributed by atoms with E-state index in [0.717, 1.165) is 21.9 Å². The number of hydrogen-bond acceptors (Lipinski definition) is 2. The summed E-state index contributed by atoms with van der Waals surface area (Å²) in [4.78, 5) is 27.7. The molecule has 3 aromatic rings. The number of rotatable bonds is 4. The molecule has 0 aromatic heterocycles. The topological polar surface area (TPSA) is 49.4 Å². The summed E-state index contributed by atoms with van der Waals surface area (Å²) >= 11 is 5.94. The molecule has 1 aliphatic heterocycles. The van der Waals surface area contributed by atoms with Crippen LogP contribution >= 0.6 is 11.6 Å². The van der Waals surface area contributed by atoms with E-state index in [-0.39, 0.29) is 23.8 Å². The van der Waals surface area contributed by atoms with Crippen LogP contribution in [0.1, 0.15) is 41.7 Å². The zero-order valence-electron chi connectivity index (χ0n) is 17.0. The average molecular weight is 421 g/mol. The molecule has 4 nitrogen and oxygen atoms in total. The molecule has 3 aromatic carbocycles. The van der Waals surface area contributed by atoms with E-state index in [1.165, 1.54) is 0 Å². The molecule has 5 heteroatoms. The van der Waals surface area contributed by atoms with Crippen molar-refractivity contribution in [1.29, 1.82) is 0 Å². The van der Waals surface area contributed by atoms with Gasteiger partial charge in [0, 0.05) is 29.6 Å². The van der Waals surface area contributed by atoms with Gasteiger partial charge in [0.15, 0.2) is 0 Å². The number of likely N-dealkylation sites (tertiary alicyclic amines) is 1. The summed E-state index contributed by atoms with van der Waals surface area (Å²) in [5, 5.41) is 5.82. The van der Waals surface area contributed by atoms with Crippen molar-refractivity contribution in [2.45, 2.75) is 25.8 Å². The van der Waals surface area contributed by atoms with Crippen LogP contribution in [0.3, 0.4) is 0 Å². The number of carbonyl (C=O) groups is 2. The Kier molecular flexibility index (Phi) is 6.05. The Hall–Kier alpha value is -2.85. The highest BCUT2D eigenvalue weighted by Gasteiger charge is 2.29. The van der Waals surface area contributed by atoms with Crippen LogP contribution in [0, 0.1) is 5.92 Å². The summed E-state index contributed by atoms with van der Waals surface area (Å²) in [6.45, 7) is 3.16. The molecule has 30 heavy (non-hydrogen) atoms. The van der Waals surface area contributed by atoms with Crippen LogP contribution in [0.4, 0.5) is 0 Å². The Morgan fingerprint density at radius 3 is 2.37 bits per heavy atom. The lowest BCUT2D eigenvalue weighted by molar-refractivity contribution is -0.126. The van der Waals surface area contributed by atoms with Crippen molar-refractivity contribution in [3.63, 3.8) is 0 Å². The predicted molar refractivity (Wildman–Crippen MR) is 121 cm³/mol. The van der Waals surface area contributed by atoms with Gasteiger partial charge in [0.2, 0.25) is 5.91 Å². The summed E-state index contributed by atoms with van der Waals surface area (Å²) in [5.74, 6) is 0.0196. The van der Waals surface area contributed by atoms with Crippen LogP contribution in [0.15, 0.2) is 66.7 Å². The lowest BCUT2D eigenvalue weighted by Gasteiger charge is -2.32. The second-order valence-electron chi connectivity index (χ2n) is 7.88. The van der Waals surface area contributed by atoms with Crippen molar-refractivity contribution in [2.24, 2.45) is 5.92 Å². The molecule has 0 unspecified atom stereocenters. The molecular weight excluding hydrogens is 396 g/mol. The zero-order valence-corrected chi connectivity index (χ0v) is 17.7. The molecule has 0 aliphatic carbocycles. The highest BCUT2D eigenvalue weighted by atomic mass is 35.5. The van der Waals surface area contributed by atoms with Gasteiger partial charge in [0.05, 0.1) is 6.04 Å². The number of carbonyl (C=O) groups excluding carboxylic acids is 2. The number of benzene rings is 3. The van der Waals surface area contributed by atoms with Crippen LogP contribution in [0.2, 0.25) is 5.02 Å². The number of hydrogen-bond donors (Lipinski definition) is 1. The third-order valence-electron chi connectivity index (χ3n) is 5.90. The minimum Gasteiger partial charge on any atom is -0.349 e. The van der Waals surface area contributed by atoms with Crippen molar-refractivity contribution in [1.82, 2.24) is 10.2 Å². The molecule has 0 bridgehead atoms. The van der Waals surface area contributed by atoms with Crippen LogP contribution in [0.5, 0.6) is 0 Å². The number of halogens is 1. The van der Waals surface area contributed by atoms with Gasteiger partial charge in [-0.05, 0) is 54.3 Å². The first-order valence-electron chi connectivity index (χ1n) is 10.4. The third kappa shape index (κ3) is 4.34. The van der Waals surface area contributed by atoms with Gasteiger partial charge in [-0.25, -0.2) is 0 Å². The van der Waals surface area contributed by atoms with Crippen molar-refractivity contribution in [3.8, 4) is 0 Å². The number of piperidine rings is 1. The molecule has 4 rings (SSSR count). The first-order valence-corrected chi connectivity index (χ1v) is 10.7. The fourth-order valence-electron chi connectivity index (χ4n) is 4.09. The van der Waals surface area contributed by atoms with Crippen LogP contribution in [-0.2, 0) is 4.79 Å². The molecule has 0 saturated carbocycles. The molecule has 2 amide bonds. The van der Waals surface area contributed by atoms with Gasteiger partial charge in [0.25, 0.3) is 5.91 Å². The molecule has 1 aliphatic rings. The normalized spacial score (nSPS) is 15.7. The molecule has 1 atom stereocenters. The van der Waals surface area contributed by atoms with Gasteiger partial charge in [-0.3, -0.25) is 9.59 Å². The molecule has 1 fully saturated rings. The summed E-state index contributed by atoms with van der Waals surface area (Å²) in [7, 11) is 0. The lowest BCUT2D eigenvalue weighted by atomic mass is 9.94. The Labute approximate surface area is 181 Å². The maximum atomic E-state index is 13.1. The Balaban J connectivity index is 1.36. The second-order valence-corrected chi connectivity index (χ2v) is 8.31. The molecule has 0 spiro atoms. The van der Waals surface area contributed by atoms with E-state index in [1.54, 1.807) is 0 Å². The summed E-state index contributed by atoms with van der Waals surface area (Å²) < 4.78 is 0. The van der Waals surface area contributed by atoms with Crippen LogP contribution in [0.25, 0.3) is 10.8 Å². The third-order valence-corrected chi connectivity index (χ3v) is 6.15. The standard InChI is InChI=1S/C25H25ClN2O2/c1-17(18-9-11-21(26)12-10-18)27-24(29)20-13-15-28(16-14-20)25(30)23-8-4-6-19-5-2-3-7-22(19)23/h2-12,17,20H,13-16H2,1H3,(H,27,29)/t17-/m0/s1. The number of fused-ring (bicyclic) bond motifs is 1. The Morgan fingerprint density at radius 1 is 0.967 bits per heavy atom. The van der Waals surface area contributed by atoms with Gasteiger partial charge in [-0.1, -0.05) is 60.1 Å². The fraction of sp³-hybridized carbons (Fsp3) is 0.280. The Bertz CT molecular complexity index is 1050. The minimum atomic E-state index is -0.0786. The zero-order chi connectivity index (χ0) is 21.1. The maximum absolute atomic E-state index is 13.1. The van der Waals surface area contributed by atoms with Gasteiger partial charge in [-0.15, -0.1) is 0 Å². The highest BCUT2D eigenvalue weighted by Crippen LogP contribution is 2.24. The molecular formula is C25H25ClN2O2. The van der Waals surface area contributed by atoms with Crippen LogP contribution < -0.4 is 5.32 Å². The van der Waals surface area contributed by atoms with Crippen molar-refractivity contribution in [3.05, 3.63) is 82.9 Å². The SMILES string of the molecule is C[C@H](NC(=O)C1CCN(C(=O)c2cccc3ccccc23)CC1)c1ccc(Cl)cc1. The summed E-state index contributed by atoms with van der Waals surface area (Å²) in [6, 6.07) is 21.2. The molecule has 1 N–H and O–H groups in total. The van der Waals surface area contributed by atoms with Crippen molar-refractivity contribution < 1.29 is 9.59 Å². The monoisotopic (exact) mass is 420 g/mol. The van der Waals surface area contributed by atoms with Gasteiger partial charge in [-0.2, -0.15) is 0 Å². The van der Waals surface area contributed by atoms with Crippen molar-refractivity contribution in [2.75, 3.05) is 13.1 Å². The van der Waals surface area contributed by atoms with E-state index in [0.29, 0.717) is 31.0 Å². The van der Waals surface area contributed by atoms with E-state index in [1.807, 2.05) is 78.6 Å². The molecule has 1 saturated heterocycles. The first-order chi connectivity index (χ1) is 14.5. The number of amides is 2. The molecule has 1 heterocycles. The fourth-order valence-corrected chi connectivity index (χ4v) is 4.22. The largest absolute Gasteiger partial charge is 0.349 e. The lowest BCUT2D eigenvalue weighted by Crippen LogP contribution is -2.43. The van der Waals surface area contributed by atoms with Gasteiger partial charge < -0.3 is 10.2 Å². The van der Waals surface area contributed by atoms with Crippen molar-refractivity contribution >= 4 is 34.2 Å². The number of nitrogens with one attached hydrogen (secondary N) is 1. The van der Waals surface area contributed by atoms with Gasteiger partial charge in [0.1, 0.15) is 0 Å². The summed E-state index contributed by atoms with van der Waals surface area (Å²) in [5.41, 5.74) is 1.75. The minimum absolute atomic E-state index is 0.0418. The summed E-state index contributed by atoms with van der Waals surface area (Å²) in [6.07, 6.45) is 1.35. The first kappa shape index (κ1) is 20.4.